The van der Waals surface area contributed by atoms with Crippen LogP contribution in [-0.4, -0.2) is 24.0 Å². The van der Waals surface area contributed by atoms with E-state index in [9.17, 15) is 4.39 Å². The highest BCUT2D eigenvalue weighted by Gasteiger charge is 2.22. The van der Waals surface area contributed by atoms with Crippen LogP contribution in [0.5, 0.6) is 5.75 Å². The van der Waals surface area contributed by atoms with Crippen molar-refractivity contribution in [1.82, 2.24) is 5.32 Å². The SMILES string of the molecule is CC.CCC(C)CCCCCC(C)(C)NCO.Cc1ccc(F)c(OCC2CC2)c1.[HH]. The molecule has 4 heteroatoms. The minimum atomic E-state index is -0.258. The summed E-state index contributed by atoms with van der Waals surface area (Å²) in [6, 6.07) is 4.95. The van der Waals surface area contributed by atoms with Crippen LogP contribution >= 0.6 is 0 Å². The summed E-state index contributed by atoms with van der Waals surface area (Å²) in [5.74, 6) is 1.69. The number of nitrogens with one attached hydrogen (secondary N) is 1. The highest BCUT2D eigenvalue weighted by atomic mass is 19.1. The molecule has 3 nitrogen and oxygen atoms in total. The van der Waals surface area contributed by atoms with E-state index in [1.165, 1.54) is 51.0 Å². The molecular weight excluding hydrogens is 377 g/mol. The molecule has 1 saturated carbocycles. The largest absolute Gasteiger partial charge is 0.490 e. The zero-order valence-electron chi connectivity index (χ0n) is 20.7. The average Bonchev–Trinajstić information content (AvgIpc) is 3.54. The summed E-state index contributed by atoms with van der Waals surface area (Å²) in [7, 11) is 0. The van der Waals surface area contributed by atoms with Crippen LogP contribution in [0.4, 0.5) is 4.39 Å². The third-order valence-corrected chi connectivity index (χ3v) is 5.51. The molecule has 0 amide bonds. The highest BCUT2D eigenvalue weighted by molar-refractivity contribution is 5.29. The van der Waals surface area contributed by atoms with Gasteiger partial charge in [0.25, 0.3) is 0 Å². The molecule has 1 aliphatic rings. The van der Waals surface area contributed by atoms with Gasteiger partial charge in [-0.2, -0.15) is 0 Å². The lowest BCUT2D eigenvalue weighted by atomic mass is 9.95. The maximum atomic E-state index is 13.1. The third kappa shape index (κ3) is 14.8. The number of aliphatic hydroxyl groups excluding tert-OH is 1. The maximum absolute atomic E-state index is 13.1. The summed E-state index contributed by atoms with van der Waals surface area (Å²) >= 11 is 0. The molecule has 30 heavy (non-hydrogen) atoms. The third-order valence-electron chi connectivity index (χ3n) is 5.51. The molecule has 1 aromatic carbocycles. The van der Waals surface area contributed by atoms with Crippen molar-refractivity contribution < 1.29 is 15.7 Å². The van der Waals surface area contributed by atoms with E-state index in [-0.39, 0.29) is 19.5 Å². The van der Waals surface area contributed by atoms with Crippen LogP contribution in [0.2, 0.25) is 0 Å². The molecule has 0 heterocycles. The Hall–Kier alpha value is -1.13. The van der Waals surface area contributed by atoms with Gasteiger partial charge in [-0.3, -0.25) is 5.32 Å². The average molecular weight is 428 g/mol. The number of ether oxygens (including phenoxy) is 1. The summed E-state index contributed by atoms with van der Waals surface area (Å²) in [5.41, 5.74) is 1.12. The van der Waals surface area contributed by atoms with E-state index in [0.29, 0.717) is 18.3 Å². The number of rotatable bonds is 12. The van der Waals surface area contributed by atoms with E-state index in [1.54, 1.807) is 12.1 Å². The molecule has 0 spiro atoms. The minimum Gasteiger partial charge on any atom is -0.490 e. The van der Waals surface area contributed by atoms with Crippen LogP contribution in [0.15, 0.2) is 18.2 Å². The van der Waals surface area contributed by atoms with Crippen molar-refractivity contribution in [3.8, 4) is 5.75 Å². The fraction of sp³-hybridized carbons (Fsp3) is 0.769. The van der Waals surface area contributed by atoms with Gasteiger partial charge >= 0.3 is 0 Å². The van der Waals surface area contributed by atoms with Crippen molar-refractivity contribution in [3.05, 3.63) is 29.6 Å². The second-order valence-electron chi connectivity index (χ2n) is 9.02. The standard InChI is InChI=1S/C13H29NO.C11H13FO.C2H6.H2/c1-5-12(2)9-7-6-8-10-13(3,4)14-11-15;1-8-2-5-10(12)11(6-8)13-7-9-3-4-9;1-2;/h12,14-15H,5-11H2,1-4H3;2,5-6,9H,3-4,7H2,1H3;1-2H3;1H. The van der Waals surface area contributed by atoms with Gasteiger partial charge in [0.1, 0.15) is 0 Å². The van der Waals surface area contributed by atoms with E-state index >= 15 is 0 Å². The molecule has 0 aromatic heterocycles. The van der Waals surface area contributed by atoms with Gasteiger partial charge in [-0.1, -0.05) is 65.9 Å². The van der Waals surface area contributed by atoms with E-state index in [0.717, 1.165) is 17.9 Å². The van der Waals surface area contributed by atoms with Crippen molar-refractivity contribution in [1.29, 1.82) is 0 Å². The molecule has 1 atom stereocenters. The quantitative estimate of drug-likeness (QED) is 0.268. The number of unbranched alkanes of at least 4 members (excludes halogenated alkanes) is 2. The first kappa shape index (κ1) is 28.9. The van der Waals surface area contributed by atoms with Gasteiger partial charge in [-0.05, 0) is 69.6 Å². The summed E-state index contributed by atoms with van der Waals surface area (Å²) < 4.78 is 18.5. The summed E-state index contributed by atoms with van der Waals surface area (Å²) in [4.78, 5) is 0. The second kappa shape index (κ2) is 16.5. The van der Waals surface area contributed by atoms with Crippen LogP contribution in [0, 0.1) is 24.6 Å². The molecular formula is C26H50FNO2. The number of aliphatic hydroxyl groups is 1. The van der Waals surface area contributed by atoms with Gasteiger partial charge in [-0.25, -0.2) is 4.39 Å². The molecule has 1 aromatic rings. The maximum Gasteiger partial charge on any atom is 0.165 e. The fourth-order valence-corrected chi connectivity index (χ4v) is 2.96. The normalized spacial score (nSPS) is 14.2. The smallest absolute Gasteiger partial charge is 0.165 e. The molecule has 1 aliphatic carbocycles. The zero-order valence-corrected chi connectivity index (χ0v) is 20.7. The van der Waals surface area contributed by atoms with Gasteiger partial charge in [0, 0.05) is 6.97 Å². The number of halogens is 1. The first-order valence-electron chi connectivity index (χ1n) is 12.0. The lowest BCUT2D eigenvalue weighted by Gasteiger charge is -2.25. The van der Waals surface area contributed by atoms with Gasteiger partial charge in [0.05, 0.1) is 13.3 Å². The molecule has 1 fully saturated rings. The van der Waals surface area contributed by atoms with Gasteiger partial charge in [0.2, 0.25) is 0 Å². The minimum absolute atomic E-state index is 0. The van der Waals surface area contributed by atoms with Crippen molar-refractivity contribution in [2.24, 2.45) is 11.8 Å². The van der Waals surface area contributed by atoms with Crippen molar-refractivity contribution in [2.75, 3.05) is 13.3 Å². The van der Waals surface area contributed by atoms with Crippen LogP contribution < -0.4 is 10.1 Å². The van der Waals surface area contributed by atoms with Crippen molar-refractivity contribution in [2.45, 2.75) is 105 Å². The van der Waals surface area contributed by atoms with E-state index < -0.39 is 0 Å². The highest BCUT2D eigenvalue weighted by Crippen LogP contribution is 2.30. The summed E-state index contributed by atoms with van der Waals surface area (Å²) in [6.45, 7) is 15.6. The van der Waals surface area contributed by atoms with Crippen molar-refractivity contribution >= 4 is 0 Å². The molecule has 0 aliphatic heterocycles. The van der Waals surface area contributed by atoms with Crippen molar-refractivity contribution in [3.63, 3.8) is 0 Å². The van der Waals surface area contributed by atoms with Crippen LogP contribution in [0.3, 0.4) is 0 Å². The second-order valence-corrected chi connectivity index (χ2v) is 9.02. The lowest BCUT2D eigenvalue weighted by Crippen LogP contribution is -2.39. The first-order valence-corrected chi connectivity index (χ1v) is 12.0. The number of benzene rings is 1. The molecule has 2 N–H and O–H groups in total. The van der Waals surface area contributed by atoms with Gasteiger partial charge in [-0.15, -0.1) is 0 Å². The predicted octanol–water partition coefficient (Wildman–Crippen LogP) is 7.50. The monoisotopic (exact) mass is 427 g/mol. The number of aryl methyl sites for hydroxylation is 1. The lowest BCUT2D eigenvalue weighted by molar-refractivity contribution is 0.200. The Morgan fingerprint density at radius 3 is 2.47 bits per heavy atom. The van der Waals surface area contributed by atoms with Crippen LogP contribution in [0.1, 0.15) is 99.9 Å². The Labute approximate surface area is 187 Å². The summed E-state index contributed by atoms with van der Waals surface area (Å²) in [5, 5.41) is 11.9. The number of hydrogen-bond donors (Lipinski definition) is 2. The number of hydrogen-bond acceptors (Lipinski definition) is 3. The molecule has 0 bridgehead atoms. The summed E-state index contributed by atoms with van der Waals surface area (Å²) in [6.07, 6.45) is 10.2. The molecule has 0 saturated heterocycles. The Bertz CT molecular complexity index is 550. The van der Waals surface area contributed by atoms with Gasteiger partial charge in [0.15, 0.2) is 11.6 Å². The van der Waals surface area contributed by atoms with E-state index in [1.807, 2.05) is 20.8 Å². The molecule has 0 radical (unpaired) electrons. The first-order chi connectivity index (χ1) is 14.3. The van der Waals surface area contributed by atoms with Crippen LogP contribution in [-0.2, 0) is 0 Å². The Balaban J connectivity index is 0. The fourth-order valence-electron chi connectivity index (χ4n) is 2.96. The van der Waals surface area contributed by atoms with E-state index in [4.69, 9.17) is 9.84 Å². The Morgan fingerprint density at radius 1 is 1.23 bits per heavy atom. The van der Waals surface area contributed by atoms with Crippen LogP contribution in [0.25, 0.3) is 0 Å². The predicted molar refractivity (Wildman–Crippen MR) is 130 cm³/mol. The zero-order chi connectivity index (χ0) is 23.0. The Morgan fingerprint density at radius 2 is 1.90 bits per heavy atom. The van der Waals surface area contributed by atoms with Gasteiger partial charge < -0.3 is 9.84 Å². The van der Waals surface area contributed by atoms with E-state index in [2.05, 4.69) is 33.0 Å². The topological polar surface area (TPSA) is 41.5 Å². The molecule has 1 unspecified atom stereocenters. The molecule has 2 rings (SSSR count). The Kier molecular flexibility index (Phi) is 15.9. The molecule has 178 valence electrons.